The molecule has 5 heteroatoms. The summed E-state index contributed by atoms with van der Waals surface area (Å²) in [5.41, 5.74) is 10.9. The summed E-state index contributed by atoms with van der Waals surface area (Å²) in [6.45, 7) is 2.42. The number of primary amides is 1. The maximum atomic E-state index is 11.7. The van der Waals surface area contributed by atoms with Crippen molar-refractivity contribution >= 4 is 11.8 Å². The minimum atomic E-state index is -0.390. The first-order chi connectivity index (χ1) is 7.50. The lowest BCUT2D eigenvalue weighted by molar-refractivity contribution is -0.126. The zero-order chi connectivity index (χ0) is 12.1. The first-order valence-corrected chi connectivity index (χ1v) is 5.82. The summed E-state index contributed by atoms with van der Waals surface area (Å²) < 4.78 is 0. The van der Waals surface area contributed by atoms with E-state index in [1.807, 2.05) is 0 Å². The fraction of sp³-hybridized carbons (Fsp3) is 0.818. The molecule has 1 aliphatic rings. The molecule has 0 aromatic heterocycles. The van der Waals surface area contributed by atoms with E-state index < -0.39 is 0 Å². The van der Waals surface area contributed by atoms with Crippen molar-refractivity contribution in [1.82, 2.24) is 5.32 Å². The van der Waals surface area contributed by atoms with Crippen LogP contribution >= 0.6 is 0 Å². The van der Waals surface area contributed by atoms with E-state index in [9.17, 15) is 9.59 Å². The Bertz CT molecular complexity index is 268. The van der Waals surface area contributed by atoms with Crippen LogP contribution in [0.4, 0.5) is 0 Å². The summed E-state index contributed by atoms with van der Waals surface area (Å²) in [4.78, 5) is 22.2. The molecule has 3 unspecified atom stereocenters. The molecule has 5 nitrogen and oxygen atoms in total. The first-order valence-electron chi connectivity index (χ1n) is 5.82. The van der Waals surface area contributed by atoms with Crippen LogP contribution in [0.25, 0.3) is 0 Å². The summed E-state index contributed by atoms with van der Waals surface area (Å²) in [5.74, 6) is 0.0719. The van der Waals surface area contributed by atoms with Gasteiger partial charge in [0.15, 0.2) is 0 Å². The Labute approximate surface area is 95.9 Å². The molecule has 1 saturated carbocycles. The van der Waals surface area contributed by atoms with E-state index in [-0.39, 0.29) is 30.2 Å². The van der Waals surface area contributed by atoms with Gasteiger partial charge in [-0.2, -0.15) is 0 Å². The molecule has 5 N–H and O–H groups in total. The summed E-state index contributed by atoms with van der Waals surface area (Å²) in [6.07, 6.45) is 2.78. The van der Waals surface area contributed by atoms with Gasteiger partial charge >= 0.3 is 0 Å². The van der Waals surface area contributed by atoms with Crippen LogP contribution in [0.5, 0.6) is 0 Å². The van der Waals surface area contributed by atoms with E-state index >= 15 is 0 Å². The van der Waals surface area contributed by atoms with Gasteiger partial charge in [0, 0.05) is 24.9 Å². The minimum Gasteiger partial charge on any atom is -0.370 e. The van der Waals surface area contributed by atoms with Crippen molar-refractivity contribution in [3.63, 3.8) is 0 Å². The molecule has 92 valence electrons. The smallest absolute Gasteiger partial charge is 0.223 e. The Hall–Kier alpha value is -1.10. The third kappa shape index (κ3) is 3.81. The first kappa shape index (κ1) is 13.0. The van der Waals surface area contributed by atoms with Crippen LogP contribution in [-0.4, -0.2) is 24.4 Å². The topological polar surface area (TPSA) is 98.2 Å². The third-order valence-corrected chi connectivity index (χ3v) is 3.28. The van der Waals surface area contributed by atoms with Crippen LogP contribution in [0.3, 0.4) is 0 Å². The Balaban J connectivity index is 2.29. The molecule has 0 aromatic carbocycles. The van der Waals surface area contributed by atoms with E-state index in [0.29, 0.717) is 12.5 Å². The van der Waals surface area contributed by atoms with Crippen LogP contribution in [0.2, 0.25) is 0 Å². The standard InChI is InChI=1S/C11H21N3O2/c1-7-6-8(2-3-9(7)12)11(16)14-5-4-10(13)15/h7-9H,2-6,12H2,1H3,(H2,13,15)(H,14,16). The zero-order valence-corrected chi connectivity index (χ0v) is 9.74. The predicted molar refractivity (Wildman–Crippen MR) is 61.3 cm³/mol. The number of nitrogens with two attached hydrogens (primary N) is 2. The van der Waals surface area contributed by atoms with E-state index in [1.54, 1.807) is 0 Å². The minimum absolute atomic E-state index is 0.0278. The molecule has 16 heavy (non-hydrogen) atoms. The number of carbonyl (C=O) groups excluding carboxylic acids is 2. The second-order valence-electron chi connectivity index (χ2n) is 4.66. The van der Waals surface area contributed by atoms with E-state index in [4.69, 9.17) is 11.5 Å². The number of carbonyl (C=O) groups is 2. The van der Waals surface area contributed by atoms with Crippen LogP contribution in [-0.2, 0) is 9.59 Å². The number of hydrogen-bond acceptors (Lipinski definition) is 3. The summed E-state index contributed by atoms with van der Waals surface area (Å²) >= 11 is 0. The molecule has 0 heterocycles. The Morgan fingerprint density at radius 2 is 2.06 bits per heavy atom. The average molecular weight is 227 g/mol. The molecule has 1 fully saturated rings. The zero-order valence-electron chi connectivity index (χ0n) is 9.74. The highest BCUT2D eigenvalue weighted by atomic mass is 16.2. The van der Waals surface area contributed by atoms with Crippen molar-refractivity contribution in [2.24, 2.45) is 23.3 Å². The lowest BCUT2D eigenvalue weighted by Crippen LogP contribution is -2.41. The van der Waals surface area contributed by atoms with Crippen LogP contribution < -0.4 is 16.8 Å². The van der Waals surface area contributed by atoms with Crippen LogP contribution in [0.1, 0.15) is 32.6 Å². The van der Waals surface area contributed by atoms with E-state index in [0.717, 1.165) is 19.3 Å². The molecular formula is C11H21N3O2. The SMILES string of the molecule is CC1CC(C(=O)NCCC(N)=O)CCC1N. The molecule has 2 amide bonds. The highest BCUT2D eigenvalue weighted by Gasteiger charge is 2.29. The molecule has 0 aliphatic heterocycles. The molecule has 0 spiro atoms. The molecular weight excluding hydrogens is 206 g/mol. The molecule has 1 aliphatic carbocycles. The van der Waals surface area contributed by atoms with Crippen LogP contribution in [0.15, 0.2) is 0 Å². The summed E-state index contributed by atoms with van der Waals surface area (Å²) in [5, 5.41) is 2.74. The van der Waals surface area contributed by atoms with Crippen molar-refractivity contribution in [3.8, 4) is 0 Å². The van der Waals surface area contributed by atoms with Gasteiger partial charge in [0.1, 0.15) is 0 Å². The second kappa shape index (κ2) is 5.84. The lowest BCUT2D eigenvalue weighted by atomic mass is 9.79. The van der Waals surface area contributed by atoms with Crippen molar-refractivity contribution < 1.29 is 9.59 Å². The van der Waals surface area contributed by atoms with Crippen molar-refractivity contribution in [2.75, 3.05) is 6.54 Å². The van der Waals surface area contributed by atoms with Gasteiger partial charge in [0.05, 0.1) is 0 Å². The highest BCUT2D eigenvalue weighted by Crippen LogP contribution is 2.27. The van der Waals surface area contributed by atoms with Gasteiger partial charge in [-0.3, -0.25) is 9.59 Å². The van der Waals surface area contributed by atoms with Crippen molar-refractivity contribution in [1.29, 1.82) is 0 Å². The second-order valence-corrected chi connectivity index (χ2v) is 4.66. The molecule has 0 radical (unpaired) electrons. The van der Waals surface area contributed by atoms with Gasteiger partial charge in [-0.1, -0.05) is 6.92 Å². The monoisotopic (exact) mass is 227 g/mol. The molecule has 3 atom stereocenters. The van der Waals surface area contributed by atoms with Gasteiger partial charge < -0.3 is 16.8 Å². The van der Waals surface area contributed by atoms with Gasteiger partial charge in [-0.15, -0.1) is 0 Å². The van der Waals surface area contributed by atoms with Gasteiger partial charge in [-0.25, -0.2) is 0 Å². The quantitative estimate of drug-likeness (QED) is 0.617. The van der Waals surface area contributed by atoms with E-state index in [1.165, 1.54) is 0 Å². The van der Waals surface area contributed by atoms with Crippen molar-refractivity contribution in [2.45, 2.75) is 38.6 Å². The van der Waals surface area contributed by atoms with Gasteiger partial charge in [0.25, 0.3) is 0 Å². The maximum Gasteiger partial charge on any atom is 0.223 e. The van der Waals surface area contributed by atoms with Crippen molar-refractivity contribution in [3.05, 3.63) is 0 Å². The average Bonchev–Trinajstić information content (AvgIpc) is 2.21. The fourth-order valence-corrected chi connectivity index (χ4v) is 2.11. The molecule has 1 rings (SSSR count). The largest absolute Gasteiger partial charge is 0.370 e. The summed E-state index contributed by atoms with van der Waals surface area (Å²) in [6, 6.07) is 0.217. The summed E-state index contributed by atoms with van der Waals surface area (Å²) in [7, 11) is 0. The molecule has 0 bridgehead atoms. The third-order valence-electron chi connectivity index (χ3n) is 3.28. The normalized spacial score (nSPS) is 29.8. The lowest BCUT2D eigenvalue weighted by Gasteiger charge is -2.30. The highest BCUT2D eigenvalue weighted by molar-refractivity contribution is 5.80. The number of nitrogens with one attached hydrogen (secondary N) is 1. The van der Waals surface area contributed by atoms with Gasteiger partial charge in [0.2, 0.25) is 11.8 Å². The van der Waals surface area contributed by atoms with Gasteiger partial charge in [-0.05, 0) is 25.2 Å². The van der Waals surface area contributed by atoms with E-state index in [2.05, 4.69) is 12.2 Å². The Kier molecular flexibility index (Phi) is 4.73. The fourth-order valence-electron chi connectivity index (χ4n) is 2.11. The Morgan fingerprint density at radius 1 is 1.38 bits per heavy atom. The molecule has 0 saturated heterocycles. The predicted octanol–water partition coefficient (Wildman–Crippen LogP) is -0.258. The molecule has 0 aromatic rings. The number of rotatable bonds is 4. The number of hydrogen-bond donors (Lipinski definition) is 3. The van der Waals surface area contributed by atoms with Crippen LogP contribution in [0, 0.1) is 11.8 Å². The number of amides is 2. The maximum absolute atomic E-state index is 11.7. The Morgan fingerprint density at radius 3 is 2.62 bits per heavy atom.